The van der Waals surface area contributed by atoms with E-state index in [-0.39, 0.29) is 16.7 Å². The number of likely N-dealkylation sites (N-methyl/N-ethyl adjacent to an activating group) is 1. The Morgan fingerprint density at radius 1 is 1.29 bits per heavy atom. The smallest absolute Gasteiger partial charge is 0.243 e. The molecule has 0 radical (unpaired) electrons. The summed E-state index contributed by atoms with van der Waals surface area (Å²) in [7, 11) is -2.06. The first kappa shape index (κ1) is 18.4. The molecule has 7 nitrogen and oxygen atoms in total. The van der Waals surface area contributed by atoms with Crippen LogP contribution in [-0.2, 0) is 26.0 Å². The molecule has 0 saturated heterocycles. The number of nitrogens with one attached hydrogen (secondary N) is 1. The highest BCUT2D eigenvalue weighted by Crippen LogP contribution is 2.34. The highest BCUT2D eigenvalue weighted by atomic mass is 32.2. The number of sulfonamides is 1. The zero-order valence-corrected chi connectivity index (χ0v) is 15.2. The van der Waals surface area contributed by atoms with Crippen molar-refractivity contribution in [3.8, 4) is 0 Å². The van der Waals surface area contributed by atoms with Gasteiger partial charge in [-0.05, 0) is 23.8 Å². The Hall–Kier alpha value is -1.93. The van der Waals surface area contributed by atoms with Crippen molar-refractivity contribution in [2.45, 2.75) is 38.1 Å². The van der Waals surface area contributed by atoms with Crippen molar-refractivity contribution >= 4 is 27.5 Å². The maximum atomic E-state index is 12.6. The summed E-state index contributed by atoms with van der Waals surface area (Å²) in [6.45, 7) is 5.74. The fourth-order valence-corrected chi connectivity index (χ4v) is 4.58. The molecule has 1 aromatic rings. The maximum absolute atomic E-state index is 12.6. The number of fused-ring (bicyclic) bond motifs is 1. The highest BCUT2D eigenvalue weighted by Gasteiger charge is 2.37. The van der Waals surface area contributed by atoms with Gasteiger partial charge in [0.05, 0.1) is 4.90 Å². The summed E-state index contributed by atoms with van der Waals surface area (Å²) in [5, 5.41) is 2.55. The molecule has 0 aromatic heterocycles. The predicted octanol–water partition coefficient (Wildman–Crippen LogP) is 0.741. The summed E-state index contributed by atoms with van der Waals surface area (Å²) in [5.74, 6) is -0.517. The summed E-state index contributed by atoms with van der Waals surface area (Å²) >= 11 is 0. The van der Waals surface area contributed by atoms with E-state index in [1.165, 1.54) is 29.2 Å². The molecule has 2 amide bonds. The van der Waals surface area contributed by atoms with E-state index in [9.17, 15) is 18.0 Å². The quantitative estimate of drug-likeness (QED) is 0.846. The van der Waals surface area contributed by atoms with Gasteiger partial charge in [-0.15, -0.1) is 0 Å². The summed E-state index contributed by atoms with van der Waals surface area (Å²) in [6.07, 6.45) is 0.302. The summed E-state index contributed by atoms with van der Waals surface area (Å²) in [6, 6.07) is 4.03. The Morgan fingerprint density at radius 2 is 1.92 bits per heavy atom. The summed E-state index contributed by atoms with van der Waals surface area (Å²) < 4.78 is 26.7. The van der Waals surface area contributed by atoms with Crippen molar-refractivity contribution in [1.82, 2.24) is 9.62 Å². The molecule has 0 unspecified atom stereocenters. The first-order valence-corrected chi connectivity index (χ1v) is 9.36. The van der Waals surface area contributed by atoms with E-state index >= 15 is 0 Å². The van der Waals surface area contributed by atoms with E-state index in [1.807, 2.05) is 0 Å². The van der Waals surface area contributed by atoms with E-state index < -0.39 is 16.1 Å². The fraction of sp³-hybridized carbons (Fsp3) is 0.500. The van der Waals surface area contributed by atoms with Crippen LogP contribution >= 0.6 is 0 Å². The Morgan fingerprint density at radius 3 is 2.42 bits per heavy atom. The fourth-order valence-electron chi connectivity index (χ4n) is 3.07. The van der Waals surface area contributed by atoms with Crippen LogP contribution < -0.4 is 10.2 Å². The van der Waals surface area contributed by atoms with Gasteiger partial charge in [0, 0.05) is 39.2 Å². The van der Waals surface area contributed by atoms with Gasteiger partial charge >= 0.3 is 0 Å². The van der Waals surface area contributed by atoms with Gasteiger partial charge in [-0.25, -0.2) is 8.42 Å². The molecule has 1 heterocycles. The van der Waals surface area contributed by atoms with Crippen LogP contribution in [0.2, 0.25) is 0 Å². The van der Waals surface area contributed by atoms with Crippen LogP contribution in [0.25, 0.3) is 0 Å². The Kier molecular flexibility index (Phi) is 5.29. The molecule has 0 bridgehead atoms. The number of anilines is 1. The minimum absolute atomic E-state index is 0.186. The second-order valence-corrected chi connectivity index (χ2v) is 7.54. The van der Waals surface area contributed by atoms with Gasteiger partial charge in [0.25, 0.3) is 0 Å². The molecule has 1 aliphatic rings. The van der Waals surface area contributed by atoms with Crippen LogP contribution in [-0.4, -0.2) is 50.7 Å². The average molecular weight is 353 g/mol. The topological polar surface area (TPSA) is 86.8 Å². The first-order valence-electron chi connectivity index (χ1n) is 7.92. The molecule has 0 saturated carbocycles. The van der Waals surface area contributed by atoms with Crippen molar-refractivity contribution in [1.29, 1.82) is 0 Å². The van der Waals surface area contributed by atoms with Crippen molar-refractivity contribution in [2.75, 3.05) is 25.0 Å². The lowest BCUT2D eigenvalue weighted by molar-refractivity contribution is -0.125. The minimum atomic E-state index is -3.57. The zero-order chi connectivity index (χ0) is 18.1. The predicted molar refractivity (Wildman–Crippen MR) is 91.3 cm³/mol. The third kappa shape index (κ3) is 3.03. The minimum Gasteiger partial charge on any atom is -0.357 e. The molecule has 2 rings (SSSR count). The van der Waals surface area contributed by atoms with Crippen molar-refractivity contribution in [3.63, 3.8) is 0 Å². The van der Waals surface area contributed by atoms with Crippen LogP contribution in [0, 0.1) is 0 Å². The van der Waals surface area contributed by atoms with E-state index in [0.29, 0.717) is 30.8 Å². The second-order valence-electron chi connectivity index (χ2n) is 5.60. The molecule has 132 valence electrons. The second kappa shape index (κ2) is 6.90. The van der Waals surface area contributed by atoms with Crippen molar-refractivity contribution < 1.29 is 18.0 Å². The van der Waals surface area contributed by atoms with Crippen LogP contribution in [0.1, 0.15) is 26.3 Å². The highest BCUT2D eigenvalue weighted by molar-refractivity contribution is 7.89. The molecule has 0 fully saturated rings. The SMILES string of the molecule is CCN(CC)S(=O)(=O)c1ccc2c(c1)C[C@H](C(=O)NC)N2C(C)=O. The molecule has 0 spiro atoms. The van der Waals surface area contributed by atoms with Gasteiger partial charge < -0.3 is 5.32 Å². The Labute approximate surface area is 142 Å². The number of rotatable bonds is 5. The number of benzene rings is 1. The van der Waals surface area contributed by atoms with E-state index in [2.05, 4.69) is 5.32 Å². The summed E-state index contributed by atoms with van der Waals surface area (Å²) in [4.78, 5) is 25.6. The number of hydrogen-bond donors (Lipinski definition) is 1. The molecule has 1 aliphatic heterocycles. The number of amides is 2. The normalized spacial score (nSPS) is 17.0. The molecular weight excluding hydrogens is 330 g/mol. The Balaban J connectivity index is 2.48. The largest absolute Gasteiger partial charge is 0.357 e. The number of carbonyl (C=O) groups excluding carboxylic acids is 2. The van der Waals surface area contributed by atoms with E-state index in [4.69, 9.17) is 0 Å². The lowest BCUT2D eigenvalue weighted by Crippen LogP contribution is -2.46. The zero-order valence-electron chi connectivity index (χ0n) is 14.4. The molecule has 8 heteroatoms. The standard InChI is InChI=1S/C16H23N3O4S/c1-5-18(6-2)24(22,23)13-7-8-14-12(9-13)10-15(16(21)17-4)19(14)11(3)20/h7-9,15H,5-6,10H2,1-4H3,(H,17,21)/t15-/m1/s1. The molecule has 1 atom stereocenters. The third-order valence-corrected chi connectivity index (χ3v) is 6.31. The third-order valence-electron chi connectivity index (χ3n) is 4.27. The van der Waals surface area contributed by atoms with Crippen molar-refractivity contribution in [2.24, 2.45) is 0 Å². The molecule has 0 aliphatic carbocycles. The number of hydrogen-bond acceptors (Lipinski definition) is 4. The molecule has 1 N–H and O–H groups in total. The first-order chi connectivity index (χ1) is 11.3. The molecule has 24 heavy (non-hydrogen) atoms. The van der Waals surface area contributed by atoms with Gasteiger partial charge in [-0.3, -0.25) is 14.5 Å². The van der Waals surface area contributed by atoms with Gasteiger partial charge in [-0.1, -0.05) is 13.8 Å². The molecular formula is C16H23N3O4S. The van der Waals surface area contributed by atoms with Gasteiger partial charge in [0.2, 0.25) is 21.8 Å². The van der Waals surface area contributed by atoms with E-state index in [1.54, 1.807) is 26.0 Å². The average Bonchev–Trinajstić information content (AvgIpc) is 2.93. The monoisotopic (exact) mass is 353 g/mol. The Bertz CT molecular complexity index is 757. The van der Waals surface area contributed by atoms with Crippen LogP contribution in [0.4, 0.5) is 5.69 Å². The van der Waals surface area contributed by atoms with Crippen molar-refractivity contribution in [3.05, 3.63) is 23.8 Å². The van der Waals surface area contributed by atoms with Crippen LogP contribution in [0.3, 0.4) is 0 Å². The van der Waals surface area contributed by atoms with Crippen LogP contribution in [0.5, 0.6) is 0 Å². The van der Waals surface area contributed by atoms with Crippen LogP contribution in [0.15, 0.2) is 23.1 Å². The van der Waals surface area contributed by atoms with Gasteiger partial charge in [-0.2, -0.15) is 4.31 Å². The summed E-state index contributed by atoms with van der Waals surface area (Å²) in [5.41, 5.74) is 1.28. The number of nitrogens with zero attached hydrogens (tertiary/aromatic N) is 2. The van der Waals surface area contributed by atoms with Gasteiger partial charge in [0.1, 0.15) is 6.04 Å². The van der Waals surface area contributed by atoms with E-state index in [0.717, 1.165) is 0 Å². The maximum Gasteiger partial charge on any atom is 0.243 e. The number of carbonyl (C=O) groups is 2. The lowest BCUT2D eigenvalue weighted by Gasteiger charge is -2.23. The van der Waals surface area contributed by atoms with Gasteiger partial charge in [0.15, 0.2) is 0 Å². The molecule has 1 aromatic carbocycles. The lowest BCUT2D eigenvalue weighted by atomic mass is 10.1.